The number of aromatic amines is 1. The van der Waals surface area contributed by atoms with Crippen LogP contribution in [0.15, 0.2) is 53.3 Å². The van der Waals surface area contributed by atoms with Crippen molar-refractivity contribution in [3.8, 4) is 5.69 Å². The summed E-state index contributed by atoms with van der Waals surface area (Å²) in [6.45, 7) is 2.05. The first-order valence-electron chi connectivity index (χ1n) is 8.51. The molecule has 1 aromatic heterocycles. The van der Waals surface area contributed by atoms with Crippen LogP contribution in [0.1, 0.15) is 23.2 Å². The fraction of sp³-hybridized carbons (Fsp3) is 0.200. The van der Waals surface area contributed by atoms with E-state index in [1.807, 2.05) is 0 Å². The quantitative estimate of drug-likeness (QED) is 0.700. The van der Waals surface area contributed by atoms with E-state index in [-0.39, 0.29) is 35.9 Å². The SMILES string of the molecule is Cc1[nH]n(-c2ccc(F)cc2)c(=O)c1CCC(=O)NCc1ccc(F)cc1. The Hall–Kier alpha value is -3.22. The molecule has 0 unspecified atom stereocenters. The normalized spacial score (nSPS) is 10.8. The van der Waals surface area contributed by atoms with Gasteiger partial charge in [-0.1, -0.05) is 12.1 Å². The van der Waals surface area contributed by atoms with Crippen molar-refractivity contribution in [2.24, 2.45) is 0 Å². The van der Waals surface area contributed by atoms with Crippen molar-refractivity contribution < 1.29 is 13.6 Å². The molecule has 2 N–H and O–H groups in total. The van der Waals surface area contributed by atoms with Gasteiger partial charge in [-0.3, -0.25) is 14.7 Å². The Balaban J connectivity index is 1.62. The van der Waals surface area contributed by atoms with E-state index in [9.17, 15) is 18.4 Å². The number of benzene rings is 2. The molecular formula is C20H19F2N3O2. The summed E-state index contributed by atoms with van der Waals surface area (Å²) in [5.74, 6) is -0.911. The molecule has 0 aliphatic rings. The zero-order valence-electron chi connectivity index (χ0n) is 14.8. The Morgan fingerprint density at radius 2 is 1.63 bits per heavy atom. The Bertz CT molecular complexity index is 990. The first-order valence-corrected chi connectivity index (χ1v) is 8.51. The van der Waals surface area contributed by atoms with E-state index in [0.717, 1.165) is 5.56 Å². The molecule has 0 spiro atoms. The minimum Gasteiger partial charge on any atom is -0.352 e. The second-order valence-corrected chi connectivity index (χ2v) is 6.24. The molecule has 0 radical (unpaired) electrons. The third-order valence-corrected chi connectivity index (χ3v) is 4.28. The number of H-pyrrole nitrogens is 1. The smallest absolute Gasteiger partial charge is 0.274 e. The lowest BCUT2D eigenvalue weighted by atomic mass is 10.1. The van der Waals surface area contributed by atoms with Crippen LogP contribution in [-0.4, -0.2) is 15.7 Å². The van der Waals surface area contributed by atoms with Crippen LogP contribution in [-0.2, 0) is 17.8 Å². The first kappa shape index (κ1) is 18.6. The highest BCUT2D eigenvalue weighted by Crippen LogP contribution is 2.10. The Kier molecular flexibility index (Phi) is 5.49. The summed E-state index contributed by atoms with van der Waals surface area (Å²) in [5.41, 5.74) is 2.23. The largest absolute Gasteiger partial charge is 0.352 e. The summed E-state index contributed by atoms with van der Waals surface area (Å²) in [4.78, 5) is 24.6. The number of hydrogen-bond donors (Lipinski definition) is 2. The van der Waals surface area contributed by atoms with Gasteiger partial charge < -0.3 is 5.32 Å². The molecule has 0 saturated heterocycles. The Morgan fingerprint density at radius 1 is 1.04 bits per heavy atom. The highest BCUT2D eigenvalue weighted by molar-refractivity contribution is 5.76. The molecule has 0 bridgehead atoms. The molecule has 5 nitrogen and oxygen atoms in total. The molecule has 3 rings (SSSR count). The van der Waals surface area contributed by atoms with Crippen LogP contribution in [0.4, 0.5) is 8.78 Å². The lowest BCUT2D eigenvalue weighted by molar-refractivity contribution is -0.121. The van der Waals surface area contributed by atoms with E-state index in [2.05, 4.69) is 10.4 Å². The molecule has 0 saturated carbocycles. The summed E-state index contributed by atoms with van der Waals surface area (Å²) in [5, 5.41) is 5.70. The third-order valence-electron chi connectivity index (χ3n) is 4.28. The van der Waals surface area contributed by atoms with Crippen LogP contribution in [0, 0.1) is 18.6 Å². The Labute approximate surface area is 154 Å². The summed E-state index contributed by atoms with van der Waals surface area (Å²) >= 11 is 0. The highest BCUT2D eigenvalue weighted by atomic mass is 19.1. The van der Waals surface area contributed by atoms with Crippen molar-refractivity contribution >= 4 is 5.91 Å². The molecule has 1 amide bonds. The van der Waals surface area contributed by atoms with Crippen molar-refractivity contribution in [1.29, 1.82) is 0 Å². The molecule has 7 heteroatoms. The Morgan fingerprint density at radius 3 is 2.26 bits per heavy atom. The summed E-state index contributed by atoms with van der Waals surface area (Å²) in [6, 6.07) is 11.4. The molecule has 3 aromatic rings. The minimum absolute atomic E-state index is 0.151. The molecule has 2 aromatic carbocycles. The number of aromatic nitrogens is 2. The number of carbonyl (C=O) groups excluding carboxylic acids is 1. The fourth-order valence-corrected chi connectivity index (χ4v) is 2.78. The molecule has 0 atom stereocenters. The van der Waals surface area contributed by atoms with Crippen LogP contribution in [0.5, 0.6) is 0 Å². The lowest BCUT2D eigenvalue weighted by Crippen LogP contribution is -2.24. The zero-order valence-corrected chi connectivity index (χ0v) is 14.8. The topological polar surface area (TPSA) is 66.9 Å². The van der Waals surface area contributed by atoms with Gasteiger partial charge in [0, 0.05) is 24.2 Å². The number of aryl methyl sites for hydroxylation is 1. The van der Waals surface area contributed by atoms with E-state index >= 15 is 0 Å². The number of hydrogen-bond acceptors (Lipinski definition) is 2. The van der Waals surface area contributed by atoms with Crippen molar-refractivity contribution in [2.75, 3.05) is 0 Å². The van der Waals surface area contributed by atoms with Gasteiger partial charge in [0.25, 0.3) is 5.56 Å². The molecule has 27 heavy (non-hydrogen) atoms. The maximum atomic E-state index is 13.1. The van der Waals surface area contributed by atoms with Gasteiger partial charge in [0.05, 0.1) is 5.69 Å². The summed E-state index contributed by atoms with van der Waals surface area (Å²) in [7, 11) is 0. The molecule has 1 heterocycles. The van der Waals surface area contributed by atoms with Crippen LogP contribution >= 0.6 is 0 Å². The number of amides is 1. The second kappa shape index (κ2) is 7.99. The molecule has 0 fully saturated rings. The molecular weight excluding hydrogens is 352 g/mol. The van der Waals surface area contributed by atoms with Gasteiger partial charge >= 0.3 is 0 Å². The average molecular weight is 371 g/mol. The first-order chi connectivity index (χ1) is 12.9. The monoisotopic (exact) mass is 371 g/mol. The van der Waals surface area contributed by atoms with Gasteiger partial charge in [0.1, 0.15) is 11.6 Å². The van der Waals surface area contributed by atoms with E-state index < -0.39 is 0 Å². The summed E-state index contributed by atoms with van der Waals surface area (Å²) < 4.78 is 27.3. The maximum Gasteiger partial charge on any atom is 0.274 e. The van der Waals surface area contributed by atoms with E-state index in [4.69, 9.17) is 0 Å². The average Bonchev–Trinajstić information content (AvgIpc) is 2.94. The number of carbonyl (C=O) groups is 1. The number of nitrogens with one attached hydrogen (secondary N) is 2. The van der Waals surface area contributed by atoms with E-state index in [0.29, 0.717) is 23.5 Å². The van der Waals surface area contributed by atoms with Gasteiger partial charge in [0.15, 0.2) is 0 Å². The van der Waals surface area contributed by atoms with Crippen LogP contribution in [0.3, 0.4) is 0 Å². The van der Waals surface area contributed by atoms with Crippen molar-refractivity contribution in [3.05, 3.63) is 87.3 Å². The maximum absolute atomic E-state index is 13.1. The van der Waals surface area contributed by atoms with Gasteiger partial charge in [-0.15, -0.1) is 0 Å². The molecule has 0 aliphatic carbocycles. The standard InChI is InChI=1S/C20H19F2N3O2/c1-13-18(20(27)25(24-13)17-8-6-16(22)7-9-17)10-11-19(26)23-12-14-2-4-15(21)5-3-14/h2-9,24H,10-12H2,1H3,(H,23,26). The van der Waals surface area contributed by atoms with Crippen molar-refractivity contribution in [1.82, 2.24) is 15.1 Å². The summed E-state index contributed by atoms with van der Waals surface area (Å²) in [6.07, 6.45) is 0.434. The minimum atomic E-state index is -0.381. The number of rotatable bonds is 6. The van der Waals surface area contributed by atoms with E-state index in [1.165, 1.54) is 41.1 Å². The fourth-order valence-electron chi connectivity index (χ4n) is 2.78. The van der Waals surface area contributed by atoms with Gasteiger partial charge in [0.2, 0.25) is 5.91 Å². The van der Waals surface area contributed by atoms with Crippen molar-refractivity contribution in [2.45, 2.75) is 26.3 Å². The van der Waals surface area contributed by atoms with E-state index in [1.54, 1.807) is 19.1 Å². The predicted octanol–water partition coefficient (Wildman–Crippen LogP) is 3.00. The third kappa shape index (κ3) is 4.49. The van der Waals surface area contributed by atoms with Gasteiger partial charge in [-0.25, -0.2) is 13.5 Å². The molecule has 140 valence electrons. The van der Waals surface area contributed by atoms with Crippen LogP contribution in [0.2, 0.25) is 0 Å². The zero-order chi connectivity index (χ0) is 19.4. The van der Waals surface area contributed by atoms with Gasteiger partial charge in [-0.2, -0.15) is 0 Å². The highest BCUT2D eigenvalue weighted by Gasteiger charge is 2.14. The molecule has 0 aliphatic heterocycles. The number of nitrogens with zero attached hydrogens (tertiary/aromatic N) is 1. The lowest BCUT2D eigenvalue weighted by Gasteiger charge is -2.05. The van der Waals surface area contributed by atoms with Crippen LogP contribution < -0.4 is 10.9 Å². The van der Waals surface area contributed by atoms with Crippen molar-refractivity contribution in [3.63, 3.8) is 0 Å². The number of halogens is 2. The predicted molar refractivity (Wildman–Crippen MR) is 97.7 cm³/mol. The van der Waals surface area contributed by atoms with Crippen LogP contribution in [0.25, 0.3) is 5.69 Å². The van der Waals surface area contributed by atoms with Gasteiger partial charge in [-0.05, 0) is 55.3 Å². The second-order valence-electron chi connectivity index (χ2n) is 6.24.